The van der Waals surface area contributed by atoms with Crippen molar-refractivity contribution in [3.63, 3.8) is 0 Å². The van der Waals surface area contributed by atoms with Crippen molar-refractivity contribution in [3.8, 4) is 0 Å². The predicted molar refractivity (Wildman–Crippen MR) is 82.0 cm³/mol. The lowest BCUT2D eigenvalue weighted by Gasteiger charge is -2.07. The normalized spacial score (nSPS) is 11.2. The van der Waals surface area contributed by atoms with Gasteiger partial charge in [-0.05, 0) is 37.2 Å². The van der Waals surface area contributed by atoms with E-state index in [9.17, 15) is 0 Å². The van der Waals surface area contributed by atoms with Crippen LogP contribution in [0.4, 0.5) is 0 Å². The van der Waals surface area contributed by atoms with Crippen molar-refractivity contribution in [1.82, 2.24) is 9.88 Å². The van der Waals surface area contributed by atoms with Gasteiger partial charge in [0.05, 0.1) is 0 Å². The summed E-state index contributed by atoms with van der Waals surface area (Å²) in [6.07, 6.45) is 6.08. The molecular weight excluding hydrogens is 288 g/mol. The SMILES string of the molecule is CCCCCNCCn1ccc2cc(Br)ccc21. The Hall–Kier alpha value is -0.800. The number of nitrogens with one attached hydrogen (secondary N) is 1. The van der Waals surface area contributed by atoms with E-state index in [1.165, 1.54) is 30.2 Å². The Labute approximate surface area is 118 Å². The minimum atomic E-state index is 1.04. The van der Waals surface area contributed by atoms with E-state index in [0.717, 1.165) is 24.1 Å². The van der Waals surface area contributed by atoms with Crippen molar-refractivity contribution >= 4 is 26.8 Å². The molecule has 1 N–H and O–H groups in total. The van der Waals surface area contributed by atoms with Gasteiger partial charge in [-0.15, -0.1) is 0 Å². The number of fused-ring (bicyclic) bond motifs is 1. The third-order valence-corrected chi connectivity index (χ3v) is 3.71. The van der Waals surface area contributed by atoms with Gasteiger partial charge in [-0.2, -0.15) is 0 Å². The van der Waals surface area contributed by atoms with Crippen molar-refractivity contribution in [3.05, 3.63) is 34.9 Å². The highest BCUT2D eigenvalue weighted by Gasteiger charge is 2.00. The molecule has 1 aromatic carbocycles. The molecule has 0 aliphatic heterocycles. The first kappa shape index (κ1) is 13.6. The molecule has 0 saturated carbocycles. The fourth-order valence-corrected chi connectivity index (χ4v) is 2.57. The molecule has 0 fully saturated rings. The highest BCUT2D eigenvalue weighted by molar-refractivity contribution is 9.10. The molecule has 2 aromatic rings. The monoisotopic (exact) mass is 308 g/mol. The van der Waals surface area contributed by atoms with Gasteiger partial charge in [0.15, 0.2) is 0 Å². The molecule has 0 amide bonds. The van der Waals surface area contributed by atoms with Gasteiger partial charge in [0.1, 0.15) is 0 Å². The number of rotatable bonds is 7. The number of aromatic nitrogens is 1. The van der Waals surface area contributed by atoms with Crippen molar-refractivity contribution < 1.29 is 0 Å². The molecule has 1 heterocycles. The molecule has 0 unspecified atom stereocenters. The van der Waals surface area contributed by atoms with E-state index in [1.807, 2.05) is 0 Å². The van der Waals surface area contributed by atoms with Gasteiger partial charge in [-0.3, -0.25) is 0 Å². The van der Waals surface area contributed by atoms with E-state index >= 15 is 0 Å². The van der Waals surface area contributed by atoms with Crippen molar-refractivity contribution in [2.75, 3.05) is 13.1 Å². The summed E-state index contributed by atoms with van der Waals surface area (Å²) in [5, 5.41) is 4.81. The number of hydrogen-bond acceptors (Lipinski definition) is 1. The average Bonchev–Trinajstić information content (AvgIpc) is 2.76. The Bertz CT molecular complexity index is 490. The Morgan fingerprint density at radius 2 is 2.06 bits per heavy atom. The maximum atomic E-state index is 3.51. The first-order valence-electron chi connectivity index (χ1n) is 6.76. The Morgan fingerprint density at radius 1 is 1.17 bits per heavy atom. The van der Waals surface area contributed by atoms with E-state index in [0.29, 0.717) is 0 Å². The van der Waals surface area contributed by atoms with Crippen LogP contribution in [0.15, 0.2) is 34.9 Å². The van der Waals surface area contributed by atoms with Crippen LogP contribution in [0.3, 0.4) is 0 Å². The van der Waals surface area contributed by atoms with Crippen LogP contribution in [0.2, 0.25) is 0 Å². The average molecular weight is 309 g/mol. The molecular formula is C15H21BrN2. The lowest BCUT2D eigenvalue weighted by atomic mass is 10.2. The predicted octanol–water partition coefficient (Wildman–Crippen LogP) is 4.18. The summed E-state index contributed by atoms with van der Waals surface area (Å²) in [5.74, 6) is 0. The fraction of sp³-hybridized carbons (Fsp3) is 0.467. The standard InChI is InChI=1S/C15H21BrN2/c1-2-3-4-8-17-9-11-18-10-7-13-12-14(16)5-6-15(13)18/h5-7,10,12,17H,2-4,8-9,11H2,1H3. The van der Waals surface area contributed by atoms with Crippen LogP contribution in [-0.2, 0) is 6.54 Å². The van der Waals surface area contributed by atoms with Gasteiger partial charge < -0.3 is 9.88 Å². The second kappa shape index (κ2) is 6.95. The van der Waals surface area contributed by atoms with E-state index in [4.69, 9.17) is 0 Å². The molecule has 2 nitrogen and oxygen atoms in total. The minimum absolute atomic E-state index is 1.04. The maximum Gasteiger partial charge on any atom is 0.0481 e. The summed E-state index contributed by atoms with van der Waals surface area (Å²) in [6, 6.07) is 8.63. The molecule has 0 bridgehead atoms. The summed E-state index contributed by atoms with van der Waals surface area (Å²) in [7, 11) is 0. The fourth-order valence-electron chi connectivity index (χ4n) is 2.19. The van der Waals surface area contributed by atoms with Gasteiger partial charge >= 0.3 is 0 Å². The van der Waals surface area contributed by atoms with Crippen molar-refractivity contribution in [2.24, 2.45) is 0 Å². The van der Waals surface area contributed by atoms with Crippen LogP contribution >= 0.6 is 15.9 Å². The topological polar surface area (TPSA) is 17.0 Å². The van der Waals surface area contributed by atoms with Crippen LogP contribution in [0.25, 0.3) is 10.9 Å². The van der Waals surface area contributed by atoms with E-state index in [1.54, 1.807) is 0 Å². The molecule has 3 heteroatoms. The van der Waals surface area contributed by atoms with Gasteiger partial charge in [0, 0.05) is 34.7 Å². The molecule has 98 valence electrons. The molecule has 18 heavy (non-hydrogen) atoms. The molecule has 1 aromatic heterocycles. The third kappa shape index (κ3) is 3.59. The Balaban J connectivity index is 1.84. The molecule has 0 saturated heterocycles. The summed E-state index contributed by atoms with van der Waals surface area (Å²) >= 11 is 3.51. The number of hydrogen-bond donors (Lipinski definition) is 1. The van der Waals surface area contributed by atoms with Gasteiger partial charge in [0.25, 0.3) is 0 Å². The first-order chi connectivity index (χ1) is 8.81. The molecule has 0 aliphatic rings. The van der Waals surface area contributed by atoms with E-state index in [-0.39, 0.29) is 0 Å². The summed E-state index contributed by atoms with van der Waals surface area (Å²) in [5.41, 5.74) is 1.31. The van der Waals surface area contributed by atoms with Crippen molar-refractivity contribution in [1.29, 1.82) is 0 Å². The molecule has 0 spiro atoms. The largest absolute Gasteiger partial charge is 0.346 e. The highest BCUT2D eigenvalue weighted by atomic mass is 79.9. The number of nitrogens with zero attached hydrogens (tertiary/aromatic N) is 1. The third-order valence-electron chi connectivity index (χ3n) is 3.22. The van der Waals surface area contributed by atoms with E-state index in [2.05, 4.69) is 63.2 Å². The van der Waals surface area contributed by atoms with Gasteiger partial charge in [-0.25, -0.2) is 0 Å². The summed E-state index contributed by atoms with van der Waals surface area (Å²) < 4.78 is 3.46. The zero-order chi connectivity index (χ0) is 12.8. The minimum Gasteiger partial charge on any atom is -0.346 e. The van der Waals surface area contributed by atoms with Crippen molar-refractivity contribution in [2.45, 2.75) is 32.7 Å². The molecule has 0 radical (unpaired) electrons. The zero-order valence-electron chi connectivity index (χ0n) is 11.0. The summed E-state index contributed by atoms with van der Waals surface area (Å²) in [4.78, 5) is 0. The van der Waals surface area contributed by atoms with Crippen LogP contribution in [0.1, 0.15) is 26.2 Å². The molecule has 2 rings (SSSR count). The smallest absolute Gasteiger partial charge is 0.0481 e. The number of unbranched alkanes of at least 4 members (excludes halogenated alkanes) is 2. The quantitative estimate of drug-likeness (QED) is 0.759. The lowest BCUT2D eigenvalue weighted by Crippen LogP contribution is -2.20. The van der Waals surface area contributed by atoms with Crippen LogP contribution in [-0.4, -0.2) is 17.7 Å². The van der Waals surface area contributed by atoms with Crippen LogP contribution in [0.5, 0.6) is 0 Å². The first-order valence-corrected chi connectivity index (χ1v) is 7.55. The molecule has 0 atom stereocenters. The zero-order valence-corrected chi connectivity index (χ0v) is 12.5. The Morgan fingerprint density at radius 3 is 2.89 bits per heavy atom. The van der Waals surface area contributed by atoms with E-state index < -0.39 is 0 Å². The summed E-state index contributed by atoms with van der Waals surface area (Å²) in [6.45, 7) is 5.46. The molecule has 0 aliphatic carbocycles. The second-order valence-electron chi connectivity index (χ2n) is 4.67. The lowest BCUT2D eigenvalue weighted by molar-refractivity contribution is 0.576. The highest BCUT2D eigenvalue weighted by Crippen LogP contribution is 2.20. The Kier molecular flexibility index (Phi) is 5.26. The number of benzene rings is 1. The maximum absolute atomic E-state index is 3.51. The van der Waals surface area contributed by atoms with Crippen LogP contribution in [0, 0.1) is 0 Å². The van der Waals surface area contributed by atoms with Gasteiger partial charge in [-0.1, -0.05) is 35.7 Å². The van der Waals surface area contributed by atoms with Gasteiger partial charge in [0.2, 0.25) is 0 Å². The second-order valence-corrected chi connectivity index (χ2v) is 5.59. The number of halogens is 1. The van der Waals surface area contributed by atoms with Crippen LogP contribution < -0.4 is 5.32 Å².